The van der Waals surface area contributed by atoms with Crippen molar-refractivity contribution in [1.29, 1.82) is 0 Å². The highest BCUT2D eigenvalue weighted by molar-refractivity contribution is 5.44. The summed E-state index contributed by atoms with van der Waals surface area (Å²) in [6.45, 7) is 9.37. The van der Waals surface area contributed by atoms with E-state index in [4.69, 9.17) is 4.98 Å². The maximum absolute atomic E-state index is 4.86. The molecule has 0 aliphatic carbocycles. The van der Waals surface area contributed by atoms with Crippen LogP contribution in [0.25, 0.3) is 0 Å². The Kier molecular flexibility index (Phi) is 5.32. The van der Waals surface area contributed by atoms with Gasteiger partial charge in [-0.2, -0.15) is 4.98 Å². The van der Waals surface area contributed by atoms with Crippen LogP contribution in [-0.4, -0.2) is 79.2 Å². The zero-order valence-corrected chi connectivity index (χ0v) is 15.6. The van der Waals surface area contributed by atoms with Gasteiger partial charge in [-0.15, -0.1) is 0 Å². The van der Waals surface area contributed by atoms with E-state index in [9.17, 15) is 0 Å². The highest BCUT2D eigenvalue weighted by atomic mass is 15.3. The van der Waals surface area contributed by atoms with Crippen LogP contribution in [0.4, 0.5) is 11.8 Å². The van der Waals surface area contributed by atoms with Crippen LogP contribution in [0.1, 0.15) is 5.56 Å². The molecule has 2 aliphatic rings. The first kappa shape index (κ1) is 17.2. The van der Waals surface area contributed by atoms with Gasteiger partial charge >= 0.3 is 0 Å². The topological polar surface area (TPSA) is 38.7 Å². The molecule has 6 heteroatoms. The molecule has 0 radical (unpaired) electrons. The van der Waals surface area contributed by atoms with Crippen LogP contribution in [0.3, 0.4) is 0 Å². The number of aromatic nitrogens is 2. The summed E-state index contributed by atoms with van der Waals surface area (Å²) in [6.07, 6.45) is 1.91. The Hall–Kier alpha value is -2.18. The Morgan fingerprint density at radius 1 is 0.808 bits per heavy atom. The van der Waals surface area contributed by atoms with E-state index in [1.165, 1.54) is 5.56 Å². The lowest BCUT2D eigenvalue weighted by Crippen LogP contribution is -2.47. The van der Waals surface area contributed by atoms with Crippen molar-refractivity contribution in [1.82, 2.24) is 19.8 Å². The summed E-state index contributed by atoms with van der Waals surface area (Å²) in [7, 11) is 2.18. The summed E-state index contributed by atoms with van der Waals surface area (Å²) >= 11 is 0. The summed E-state index contributed by atoms with van der Waals surface area (Å²) in [4.78, 5) is 19.0. The minimum Gasteiger partial charge on any atom is -0.354 e. The second-order valence-corrected chi connectivity index (χ2v) is 7.25. The maximum atomic E-state index is 4.86. The lowest BCUT2D eigenvalue weighted by Gasteiger charge is -2.36. The van der Waals surface area contributed by atoms with E-state index in [1.54, 1.807) is 0 Å². The van der Waals surface area contributed by atoms with E-state index in [1.807, 2.05) is 12.3 Å². The molecular formula is C20H28N6. The Morgan fingerprint density at radius 3 is 2.23 bits per heavy atom. The molecular weight excluding hydrogens is 324 g/mol. The molecule has 2 aromatic rings. The smallest absolute Gasteiger partial charge is 0.227 e. The Labute approximate surface area is 156 Å². The first-order chi connectivity index (χ1) is 12.8. The summed E-state index contributed by atoms with van der Waals surface area (Å²) in [5.74, 6) is 1.94. The molecule has 0 N–H and O–H groups in total. The fourth-order valence-corrected chi connectivity index (χ4v) is 3.65. The Bertz CT molecular complexity index is 690. The summed E-state index contributed by atoms with van der Waals surface area (Å²) in [6, 6.07) is 12.8. The standard InChI is InChI=1S/C20H28N6/c1-23-9-13-25(14-10-23)19-7-8-21-20(22-19)26-15-11-24(12-16-26)17-18-5-3-2-4-6-18/h2-8H,9-17H2,1H3. The van der Waals surface area contributed by atoms with E-state index in [2.05, 4.69) is 62.0 Å². The van der Waals surface area contributed by atoms with Gasteiger partial charge in [0, 0.05) is 65.1 Å². The number of likely N-dealkylation sites (N-methyl/N-ethyl adjacent to an activating group) is 1. The number of piperazine rings is 2. The van der Waals surface area contributed by atoms with Crippen LogP contribution >= 0.6 is 0 Å². The second kappa shape index (κ2) is 8.01. The van der Waals surface area contributed by atoms with Gasteiger partial charge in [0.25, 0.3) is 0 Å². The number of nitrogens with zero attached hydrogens (tertiary/aromatic N) is 6. The molecule has 3 heterocycles. The molecule has 0 unspecified atom stereocenters. The third-order valence-corrected chi connectivity index (χ3v) is 5.36. The first-order valence-corrected chi connectivity index (χ1v) is 9.56. The van der Waals surface area contributed by atoms with E-state index >= 15 is 0 Å². The molecule has 0 saturated carbocycles. The maximum Gasteiger partial charge on any atom is 0.227 e. The highest BCUT2D eigenvalue weighted by Crippen LogP contribution is 2.18. The molecule has 6 nitrogen and oxygen atoms in total. The van der Waals surface area contributed by atoms with E-state index < -0.39 is 0 Å². The summed E-state index contributed by atoms with van der Waals surface area (Å²) in [5, 5.41) is 0. The minimum atomic E-state index is 0.876. The van der Waals surface area contributed by atoms with Gasteiger partial charge in [0.15, 0.2) is 0 Å². The lowest BCUT2D eigenvalue weighted by atomic mass is 10.2. The van der Waals surface area contributed by atoms with Crippen LogP contribution in [0.5, 0.6) is 0 Å². The van der Waals surface area contributed by atoms with Crippen molar-refractivity contribution >= 4 is 11.8 Å². The van der Waals surface area contributed by atoms with E-state index in [0.717, 1.165) is 70.7 Å². The van der Waals surface area contributed by atoms with Crippen LogP contribution in [-0.2, 0) is 6.54 Å². The third kappa shape index (κ3) is 4.14. The molecule has 2 fully saturated rings. The minimum absolute atomic E-state index is 0.876. The molecule has 0 bridgehead atoms. The van der Waals surface area contributed by atoms with Gasteiger partial charge in [-0.1, -0.05) is 30.3 Å². The van der Waals surface area contributed by atoms with Gasteiger partial charge < -0.3 is 14.7 Å². The van der Waals surface area contributed by atoms with Crippen molar-refractivity contribution in [2.75, 3.05) is 69.2 Å². The van der Waals surface area contributed by atoms with Crippen LogP contribution in [0, 0.1) is 0 Å². The summed E-state index contributed by atoms with van der Waals surface area (Å²) in [5.41, 5.74) is 1.38. The fraction of sp³-hybridized carbons (Fsp3) is 0.500. The zero-order chi connectivity index (χ0) is 17.8. The third-order valence-electron chi connectivity index (χ3n) is 5.36. The van der Waals surface area contributed by atoms with Crippen LogP contribution in [0.2, 0.25) is 0 Å². The van der Waals surface area contributed by atoms with Crippen molar-refractivity contribution in [3.05, 3.63) is 48.2 Å². The van der Waals surface area contributed by atoms with Gasteiger partial charge in [-0.25, -0.2) is 4.98 Å². The largest absolute Gasteiger partial charge is 0.354 e. The molecule has 1 aromatic carbocycles. The molecule has 0 spiro atoms. The van der Waals surface area contributed by atoms with Crippen molar-refractivity contribution in [3.63, 3.8) is 0 Å². The van der Waals surface area contributed by atoms with Crippen LogP contribution < -0.4 is 9.80 Å². The van der Waals surface area contributed by atoms with Crippen molar-refractivity contribution in [2.24, 2.45) is 0 Å². The van der Waals surface area contributed by atoms with Gasteiger partial charge in [0.05, 0.1) is 0 Å². The van der Waals surface area contributed by atoms with Crippen molar-refractivity contribution in [2.45, 2.75) is 6.54 Å². The highest BCUT2D eigenvalue weighted by Gasteiger charge is 2.21. The summed E-state index contributed by atoms with van der Waals surface area (Å²) < 4.78 is 0. The average molecular weight is 352 g/mol. The molecule has 1 aromatic heterocycles. The van der Waals surface area contributed by atoms with Crippen molar-refractivity contribution in [3.8, 4) is 0 Å². The second-order valence-electron chi connectivity index (χ2n) is 7.25. The molecule has 2 aliphatic heterocycles. The molecule has 0 amide bonds. The number of anilines is 2. The van der Waals surface area contributed by atoms with Gasteiger partial charge in [0.1, 0.15) is 5.82 Å². The van der Waals surface area contributed by atoms with E-state index in [0.29, 0.717) is 0 Å². The normalized spacial score (nSPS) is 19.7. The predicted octanol–water partition coefficient (Wildman–Crippen LogP) is 1.55. The number of hydrogen-bond donors (Lipinski definition) is 0. The van der Waals surface area contributed by atoms with Gasteiger partial charge in [-0.05, 0) is 18.7 Å². The van der Waals surface area contributed by atoms with Crippen molar-refractivity contribution < 1.29 is 0 Å². The SMILES string of the molecule is CN1CCN(c2ccnc(N3CCN(Cc4ccccc4)CC3)n2)CC1. The molecule has 2 saturated heterocycles. The van der Waals surface area contributed by atoms with Crippen LogP contribution in [0.15, 0.2) is 42.6 Å². The Morgan fingerprint density at radius 2 is 1.50 bits per heavy atom. The molecule has 138 valence electrons. The monoisotopic (exact) mass is 352 g/mol. The zero-order valence-electron chi connectivity index (χ0n) is 15.6. The number of hydrogen-bond acceptors (Lipinski definition) is 6. The number of benzene rings is 1. The first-order valence-electron chi connectivity index (χ1n) is 9.56. The Balaban J connectivity index is 1.35. The molecule has 26 heavy (non-hydrogen) atoms. The number of rotatable bonds is 4. The lowest BCUT2D eigenvalue weighted by molar-refractivity contribution is 0.248. The predicted molar refractivity (Wildman–Crippen MR) is 106 cm³/mol. The van der Waals surface area contributed by atoms with E-state index in [-0.39, 0.29) is 0 Å². The molecule has 4 rings (SSSR count). The average Bonchev–Trinajstić information content (AvgIpc) is 2.70. The fourth-order valence-electron chi connectivity index (χ4n) is 3.65. The quantitative estimate of drug-likeness (QED) is 0.831. The van der Waals surface area contributed by atoms with Gasteiger partial charge in [0.2, 0.25) is 5.95 Å². The van der Waals surface area contributed by atoms with Gasteiger partial charge in [-0.3, -0.25) is 4.90 Å². The molecule has 0 atom stereocenters.